The minimum absolute atomic E-state index is 0.0382. The molecule has 2 aliphatic carbocycles. The molecule has 0 bridgehead atoms. The molecule has 4 rings (SSSR count). The third-order valence-electron chi connectivity index (χ3n) is 5.47. The van der Waals surface area contributed by atoms with E-state index >= 15 is 0 Å². The van der Waals surface area contributed by atoms with E-state index in [1.807, 2.05) is 6.07 Å². The fraction of sp³-hybridized carbons (Fsp3) is 0.550. The Morgan fingerprint density at radius 3 is 2.54 bits per heavy atom. The predicted molar refractivity (Wildman–Crippen MR) is 101 cm³/mol. The largest absolute Gasteiger partial charge is 0.299 e. The molecule has 26 heavy (non-hydrogen) atoms. The number of carbonyl (C=O) groups is 1. The molecule has 6 heteroatoms. The van der Waals surface area contributed by atoms with Crippen molar-refractivity contribution >= 4 is 17.5 Å². The lowest BCUT2D eigenvalue weighted by Crippen LogP contribution is -2.23. The van der Waals surface area contributed by atoms with Crippen LogP contribution in [-0.4, -0.2) is 25.8 Å². The molecule has 0 aliphatic heterocycles. The maximum atomic E-state index is 14.4. The summed E-state index contributed by atoms with van der Waals surface area (Å²) in [4.78, 5) is 12.3. The van der Waals surface area contributed by atoms with Gasteiger partial charge in [0, 0.05) is 12.5 Å². The number of carbonyl (C=O) groups excluding carboxylic acids is 1. The van der Waals surface area contributed by atoms with E-state index in [0.717, 1.165) is 37.3 Å². The Bertz CT molecular complexity index is 785. The molecule has 0 spiro atoms. The number of thioether (sulfide) groups is 1. The van der Waals surface area contributed by atoms with E-state index < -0.39 is 0 Å². The zero-order valence-electron chi connectivity index (χ0n) is 14.9. The molecule has 0 radical (unpaired) electrons. The van der Waals surface area contributed by atoms with E-state index in [1.165, 1.54) is 37.1 Å². The molecule has 138 valence electrons. The summed E-state index contributed by atoms with van der Waals surface area (Å²) < 4.78 is 16.5. The van der Waals surface area contributed by atoms with E-state index in [-0.39, 0.29) is 17.1 Å². The second kappa shape index (κ2) is 7.91. The Balaban J connectivity index is 1.71. The molecule has 4 nitrogen and oxygen atoms in total. The molecular weight excluding hydrogens is 349 g/mol. The molecular formula is C20H24FN3OS. The average Bonchev–Trinajstić information content (AvgIpc) is 3.08. The van der Waals surface area contributed by atoms with Gasteiger partial charge in [-0.15, -0.1) is 10.2 Å². The van der Waals surface area contributed by atoms with Gasteiger partial charge in [0.1, 0.15) is 11.6 Å². The monoisotopic (exact) mass is 373 g/mol. The van der Waals surface area contributed by atoms with E-state index in [4.69, 9.17) is 0 Å². The van der Waals surface area contributed by atoms with Crippen LogP contribution in [0.2, 0.25) is 0 Å². The minimum atomic E-state index is -0.276. The van der Waals surface area contributed by atoms with Crippen molar-refractivity contribution in [3.63, 3.8) is 0 Å². The highest BCUT2D eigenvalue weighted by atomic mass is 32.2. The van der Waals surface area contributed by atoms with Crippen LogP contribution in [-0.2, 0) is 4.79 Å². The smallest absolute Gasteiger partial charge is 0.192 e. The van der Waals surface area contributed by atoms with Gasteiger partial charge < -0.3 is 0 Å². The molecule has 2 aromatic rings. The number of benzene rings is 1. The van der Waals surface area contributed by atoms with E-state index in [0.29, 0.717) is 23.6 Å². The van der Waals surface area contributed by atoms with Crippen molar-refractivity contribution in [3.05, 3.63) is 30.1 Å². The van der Waals surface area contributed by atoms with Crippen LogP contribution < -0.4 is 0 Å². The predicted octanol–water partition coefficient (Wildman–Crippen LogP) is 5.19. The molecule has 1 unspecified atom stereocenters. The van der Waals surface area contributed by atoms with E-state index in [2.05, 4.69) is 14.8 Å². The summed E-state index contributed by atoms with van der Waals surface area (Å²) in [5, 5.41) is 9.48. The molecule has 2 fully saturated rings. The van der Waals surface area contributed by atoms with Crippen LogP contribution in [0.1, 0.15) is 63.8 Å². The zero-order valence-corrected chi connectivity index (χ0v) is 15.7. The van der Waals surface area contributed by atoms with Crippen LogP contribution in [0.3, 0.4) is 0 Å². The van der Waals surface area contributed by atoms with Crippen molar-refractivity contribution < 1.29 is 9.18 Å². The van der Waals surface area contributed by atoms with Crippen molar-refractivity contribution in [3.8, 4) is 11.4 Å². The lowest BCUT2D eigenvalue weighted by molar-refractivity contribution is -0.119. The number of nitrogens with zero attached hydrogens (tertiary/aromatic N) is 3. The number of rotatable bonds is 4. The summed E-state index contributed by atoms with van der Waals surface area (Å²) >= 11 is 1.53. The molecule has 2 saturated carbocycles. The SMILES string of the molecule is O=C1CCCCC1Sc1nnc(-c2ccccc2F)n1C1CCCCC1. The first kappa shape index (κ1) is 17.7. The molecule has 1 aromatic heterocycles. The van der Waals surface area contributed by atoms with Crippen LogP contribution in [0, 0.1) is 5.82 Å². The van der Waals surface area contributed by atoms with Gasteiger partial charge >= 0.3 is 0 Å². The van der Waals surface area contributed by atoms with Crippen molar-refractivity contribution in [1.29, 1.82) is 0 Å². The fourth-order valence-electron chi connectivity index (χ4n) is 4.05. The average molecular weight is 373 g/mol. The Morgan fingerprint density at radius 2 is 1.77 bits per heavy atom. The second-order valence-corrected chi connectivity index (χ2v) is 8.44. The Kier molecular flexibility index (Phi) is 5.38. The first-order valence-corrected chi connectivity index (χ1v) is 10.5. The summed E-state index contributed by atoms with van der Waals surface area (Å²) in [5.74, 6) is 0.634. The topological polar surface area (TPSA) is 47.8 Å². The molecule has 0 N–H and O–H groups in total. The highest BCUT2D eigenvalue weighted by Gasteiger charge is 2.29. The molecule has 0 amide bonds. The van der Waals surface area contributed by atoms with Crippen molar-refractivity contribution in [1.82, 2.24) is 14.8 Å². The fourth-order valence-corrected chi connectivity index (χ4v) is 5.28. The van der Waals surface area contributed by atoms with Gasteiger partial charge in [-0.2, -0.15) is 0 Å². The van der Waals surface area contributed by atoms with E-state index in [1.54, 1.807) is 12.1 Å². The summed E-state index contributed by atoms with van der Waals surface area (Å²) in [7, 11) is 0. The number of Topliss-reactive ketones (excluding diaryl/α,β-unsaturated/α-hetero) is 1. The minimum Gasteiger partial charge on any atom is -0.299 e. The Hall–Kier alpha value is -1.69. The number of aromatic nitrogens is 3. The summed E-state index contributed by atoms with van der Waals surface area (Å²) in [6.07, 6.45) is 9.35. The first-order chi connectivity index (χ1) is 12.7. The zero-order chi connectivity index (χ0) is 17.9. The molecule has 2 aliphatic rings. The molecule has 1 aromatic carbocycles. The third kappa shape index (κ3) is 3.56. The van der Waals surface area contributed by atoms with Gasteiger partial charge in [0.05, 0.1) is 10.8 Å². The summed E-state index contributed by atoms with van der Waals surface area (Å²) in [5.41, 5.74) is 0.493. The van der Waals surface area contributed by atoms with Crippen molar-refractivity contribution in [2.45, 2.75) is 74.2 Å². The van der Waals surface area contributed by atoms with Gasteiger partial charge in [-0.1, -0.05) is 49.6 Å². The van der Waals surface area contributed by atoms with E-state index in [9.17, 15) is 9.18 Å². The van der Waals surface area contributed by atoms with Crippen molar-refractivity contribution in [2.24, 2.45) is 0 Å². The maximum absolute atomic E-state index is 14.4. The van der Waals surface area contributed by atoms with Crippen LogP contribution >= 0.6 is 11.8 Å². The van der Waals surface area contributed by atoms with Gasteiger partial charge in [-0.05, 0) is 37.8 Å². The van der Waals surface area contributed by atoms with Crippen LogP contribution in [0.25, 0.3) is 11.4 Å². The number of halogens is 1. The van der Waals surface area contributed by atoms with Crippen LogP contribution in [0.5, 0.6) is 0 Å². The van der Waals surface area contributed by atoms with Gasteiger partial charge in [0.15, 0.2) is 11.0 Å². The van der Waals surface area contributed by atoms with Crippen molar-refractivity contribution in [2.75, 3.05) is 0 Å². The molecule has 0 saturated heterocycles. The Morgan fingerprint density at radius 1 is 1.00 bits per heavy atom. The summed E-state index contributed by atoms with van der Waals surface area (Å²) in [6, 6.07) is 7.03. The Labute approximate surface area is 157 Å². The third-order valence-corrected chi connectivity index (χ3v) is 6.74. The van der Waals surface area contributed by atoms with Gasteiger partial charge in [-0.3, -0.25) is 9.36 Å². The number of hydrogen-bond donors (Lipinski definition) is 0. The number of hydrogen-bond acceptors (Lipinski definition) is 4. The van der Waals surface area contributed by atoms with Gasteiger partial charge in [-0.25, -0.2) is 4.39 Å². The standard InChI is InChI=1S/C20H24FN3OS/c21-16-11-5-4-10-15(16)19-22-23-20(24(19)14-8-2-1-3-9-14)26-18-13-7-6-12-17(18)25/h4-5,10-11,14,18H,1-3,6-9,12-13H2. The highest BCUT2D eigenvalue weighted by molar-refractivity contribution is 8.00. The quantitative estimate of drug-likeness (QED) is 0.740. The lowest BCUT2D eigenvalue weighted by Gasteiger charge is -2.27. The highest BCUT2D eigenvalue weighted by Crippen LogP contribution is 2.38. The second-order valence-electron chi connectivity index (χ2n) is 7.27. The summed E-state index contributed by atoms with van der Waals surface area (Å²) in [6.45, 7) is 0. The van der Waals surface area contributed by atoms with Crippen LogP contribution in [0.15, 0.2) is 29.4 Å². The normalized spacial score (nSPS) is 21.9. The molecule has 1 atom stereocenters. The lowest BCUT2D eigenvalue weighted by atomic mass is 9.95. The molecule has 1 heterocycles. The van der Waals surface area contributed by atoms with Gasteiger partial charge in [0.2, 0.25) is 0 Å². The first-order valence-electron chi connectivity index (χ1n) is 9.63. The van der Waals surface area contributed by atoms with Crippen LogP contribution in [0.4, 0.5) is 4.39 Å². The van der Waals surface area contributed by atoms with Gasteiger partial charge in [0.25, 0.3) is 0 Å². The number of ketones is 1. The maximum Gasteiger partial charge on any atom is 0.192 e.